The van der Waals surface area contributed by atoms with Crippen molar-refractivity contribution in [2.45, 2.75) is 39.0 Å². The number of carbonyl (C=O) groups is 1. The van der Waals surface area contributed by atoms with Crippen LogP contribution in [0.5, 0.6) is 0 Å². The number of hydrogen-bond acceptors (Lipinski definition) is 7. The summed E-state index contributed by atoms with van der Waals surface area (Å²) in [6.07, 6.45) is 0.607. The minimum absolute atomic E-state index is 0.185. The number of aromatic amines is 1. The van der Waals surface area contributed by atoms with Gasteiger partial charge in [-0.2, -0.15) is 10.2 Å². The summed E-state index contributed by atoms with van der Waals surface area (Å²) in [5, 5.41) is 12.8. The zero-order valence-corrected chi connectivity index (χ0v) is 20.3. The van der Waals surface area contributed by atoms with Crippen molar-refractivity contribution in [2.75, 3.05) is 5.73 Å². The lowest BCUT2D eigenvalue weighted by molar-refractivity contribution is -0.0199. The van der Waals surface area contributed by atoms with Gasteiger partial charge in [0.1, 0.15) is 29.8 Å². The van der Waals surface area contributed by atoms with Crippen molar-refractivity contribution in [2.24, 2.45) is 0 Å². The molecule has 1 aliphatic heterocycles. The van der Waals surface area contributed by atoms with Crippen molar-refractivity contribution in [3.8, 4) is 11.3 Å². The Morgan fingerprint density at radius 1 is 1.14 bits per heavy atom. The zero-order valence-electron chi connectivity index (χ0n) is 20.3. The van der Waals surface area contributed by atoms with E-state index >= 15 is 0 Å². The molecule has 3 N–H and O–H groups in total. The van der Waals surface area contributed by atoms with E-state index in [1.54, 1.807) is 22.9 Å². The van der Waals surface area contributed by atoms with Crippen LogP contribution in [-0.2, 0) is 11.3 Å². The summed E-state index contributed by atoms with van der Waals surface area (Å²) >= 11 is 0. The molecule has 0 aliphatic carbocycles. The van der Waals surface area contributed by atoms with E-state index in [4.69, 9.17) is 15.6 Å². The van der Waals surface area contributed by atoms with E-state index in [0.29, 0.717) is 46.6 Å². The van der Waals surface area contributed by atoms with Crippen molar-refractivity contribution in [1.29, 1.82) is 0 Å². The summed E-state index contributed by atoms with van der Waals surface area (Å²) in [5.41, 5.74) is 11.9. The van der Waals surface area contributed by atoms with Crippen LogP contribution in [0.3, 0.4) is 0 Å². The highest BCUT2D eigenvalue weighted by atomic mass is 19.1. The van der Waals surface area contributed by atoms with Gasteiger partial charge in [-0.05, 0) is 43.5 Å². The van der Waals surface area contributed by atoms with Crippen molar-refractivity contribution in [3.05, 3.63) is 88.8 Å². The number of benzene rings is 2. The number of nitrogens with zero attached hydrogens (tertiary/aromatic N) is 5. The standard InChI is InChI=1S/C27H24FN7O2/c1-14-21(15(2)33-32-14)23-22-26(29)30-13-31-27(22)35(34-23)11-10-20-18-8-3-4-9-19(18)24(36)25(37-20)16-6-5-7-17(28)12-16/h3-9,12-13,20,25H,10-11H2,1-2H3,(H,32,33)(H2,29,30,31). The van der Waals surface area contributed by atoms with Crippen molar-refractivity contribution >= 4 is 22.6 Å². The van der Waals surface area contributed by atoms with Gasteiger partial charge in [0, 0.05) is 23.4 Å². The summed E-state index contributed by atoms with van der Waals surface area (Å²) in [6, 6.07) is 13.4. The van der Waals surface area contributed by atoms with Crippen LogP contribution in [0.2, 0.25) is 0 Å². The fraction of sp³-hybridized carbons (Fsp3) is 0.222. The van der Waals surface area contributed by atoms with Gasteiger partial charge >= 0.3 is 0 Å². The molecule has 2 atom stereocenters. The number of aromatic nitrogens is 6. The maximum Gasteiger partial charge on any atom is 0.196 e. The molecule has 0 amide bonds. The van der Waals surface area contributed by atoms with Gasteiger partial charge in [0.2, 0.25) is 0 Å². The molecule has 4 heterocycles. The van der Waals surface area contributed by atoms with Crippen LogP contribution in [0.25, 0.3) is 22.3 Å². The Morgan fingerprint density at radius 2 is 1.97 bits per heavy atom. The third-order valence-corrected chi connectivity index (χ3v) is 6.79. The molecule has 10 heteroatoms. The number of ether oxygens (including phenoxy) is 1. The lowest BCUT2D eigenvalue weighted by Crippen LogP contribution is -2.27. The lowest BCUT2D eigenvalue weighted by atomic mass is 9.89. The lowest BCUT2D eigenvalue weighted by Gasteiger charge is -2.31. The highest BCUT2D eigenvalue weighted by Crippen LogP contribution is 2.40. The quantitative estimate of drug-likeness (QED) is 0.362. The summed E-state index contributed by atoms with van der Waals surface area (Å²) in [6.45, 7) is 4.27. The van der Waals surface area contributed by atoms with Crippen molar-refractivity contribution in [1.82, 2.24) is 29.9 Å². The Labute approximate surface area is 211 Å². The number of H-pyrrole nitrogens is 1. The smallest absolute Gasteiger partial charge is 0.196 e. The van der Waals surface area contributed by atoms with Crippen LogP contribution in [0.4, 0.5) is 10.2 Å². The normalized spacial score (nSPS) is 17.3. The predicted octanol–water partition coefficient (Wildman–Crippen LogP) is 4.64. The average molecular weight is 498 g/mol. The molecule has 9 nitrogen and oxygen atoms in total. The van der Waals surface area contributed by atoms with Crippen molar-refractivity contribution < 1.29 is 13.9 Å². The maximum absolute atomic E-state index is 14.0. The van der Waals surface area contributed by atoms with Crippen molar-refractivity contribution in [3.63, 3.8) is 0 Å². The summed E-state index contributed by atoms with van der Waals surface area (Å²) in [4.78, 5) is 21.9. The van der Waals surface area contributed by atoms with Gasteiger partial charge < -0.3 is 10.5 Å². The molecule has 3 aromatic heterocycles. The van der Waals surface area contributed by atoms with Gasteiger partial charge in [0.15, 0.2) is 11.4 Å². The molecule has 0 saturated heterocycles. The van der Waals surface area contributed by atoms with E-state index in [1.807, 2.05) is 32.0 Å². The first-order chi connectivity index (χ1) is 17.9. The molecule has 0 spiro atoms. The van der Waals surface area contributed by atoms with E-state index < -0.39 is 18.0 Å². The Hall–Kier alpha value is -4.44. The number of nitrogens with one attached hydrogen (secondary N) is 1. The minimum atomic E-state index is -0.894. The second-order valence-electron chi connectivity index (χ2n) is 9.14. The Kier molecular flexibility index (Phi) is 5.53. The Morgan fingerprint density at radius 3 is 2.76 bits per heavy atom. The number of fused-ring (bicyclic) bond motifs is 2. The number of halogens is 1. The van der Waals surface area contributed by atoms with Crippen LogP contribution in [-0.4, -0.2) is 35.7 Å². The molecule has 0 saturated carbocycles. The van der Waals surface area contributed by atoms with Gasteiger partial charge in [-0.15, -0.1) is 0 Å². The highest BCUT2D eigenvalue weighted by molar-refractivity contribution is 6.02. The largest absolute Gasteiger partial charge is 0.383 e. The van der Waals surface area contributed by atoms with Gasteiger partial charge in [-0.25, -0.2) is 19.0 Å². The van der Waals surface area contributed by atoms with E-state index in [0.717, 1.165) is 22.5 Å². The van der Waals surface area contributed by atoms with Crippen LogP contribution >= 0.6 is 0 Å². The molecular weight excluding hydrogens is 473 g/mol. The van der Waals surface area contributed by atoms with Gasteiger partial charge in [-0.3, -0.25) is 9.89 Å². The molecule has 0 bridgehead atoms. The molecule has 186 valence electrons. The summed E-state index contributed by atoms with van der Waals surface area (Å²) in [5.74, 6) is -0.264. The Bertz CT molecular complexity index is 1640. The van der Waals surface area contributed by atoms with Gasteiger partial charge in [-0.1, -0.05) is 36.4 Å². The first-order valence-electron chi connectivity index (χ1n) is 12.0. The summed E-state index contributed by atoms with van der Waals surface area (Å²) < 4.78 is 22.1. The molecule has 6 rings (SSSR count). The fourth-order valence-electron chi connectivity index (χ4n) is 5.07. The molecular formula is C27H24FN7O2. The maximum atomic E-state index is 14.0. The number of Topliss-reactive ketones (excluding diaryl/α,β-unsaturated/α-hetero) is 1. The number of aryl methyl sites for hydroxylation is 3. The molecule has 1 aliphatic rings. The number of rotatable bonds is 5. The van der Waals surface area contributed by atoms with Crippen LogP contribution in [0.1, 0.15) is 51.5 Å². The first-order valence-corrected chi connectivity index (χ1v) is 12.0. The molecule has 0 radical (unpaired) electrons. The van der Waals surface area contributed by atoms with Crippen LogP contribution in [0.15, 0.2) is 54.9 Å². The number of anilines is 1. The number of nitrogen functional groups attached to an aromatic ring is 1. The third kappa shape index (κ3) is 3.86. The molecule has 2 unspecified atom stereocenters. The average Bonchev–Trinajstić information content (AvgIpc) is 3.43. The van der Waals surface area contributed by atoms with E-state index in [2.05, 4.69) is 20.2 Å². The highest BCUT2D eigenvalue weighted by Gasteiger charge is 2.35. The predicted molar refractivity (Wildman–Crippen MR) is 135 cm³/mol. The molecule has 2 aromatic carbocycles. The number of ketones is 1. The fourth-order valence-corrected chi connectivity index (χ4v) is 5.07. The molecule has 5 aromatic rings. The molecule has 0 fully saturated rings. The zero-order chi connectivity index (χ0) is 25.7. The third-order valence-electron chi connectivity index (χ3n) is 6.79. The topological polar surface area (TPSA) is 125 Å². The number of nitrogens with two attached hydrogens (primary N) is 1. The monoisotopic (exact) mass is 497 g/mol. The van der Waals surface area contributed by atoms with E-state index in [9.17, 15) is 9.18 Å². The van der Waals surface area contributed by atoms with E-state index in [1.165, 1.54) is 18.5 Å². The summed E-state index contributed by atoms with van der Waals surface area (Å²) in [7, 11) is 0. The Balaban J connectivity index is 1.38. The van der Waals surface area contributed by atoms with Gasteiger partial charge in [0.05, 0.1) is 17.2 Å². The molecule has 37 heavy (non-hydrogen) atoms. The second kappa shape index (κ2) is 8.90. The second-order valence-corrected chi connectivity index (χ2v) is 9.14. The van der Waals surface area contributed by atoms with E-state index in [-0.39, 0.29) is 5.78 Å². The first kappa shape index (κ1) is 23.0. The van der Waals surface area contributed by atoms with Gasteiger partial charge in [0.25, 0.3) is 0 Å². The minimum Gasteiger partial charge on any atom is -0.383 e. The number of hydrogen-bond donors (Lipinski definition) is 2. The number of carbonyl (C=O) groups excluding carboxylic acids is 1. The van der Waals surface area contributed by atoms with Crippen LogP contribution in [0, 0.1) is 19.7 Å². The van der Waals surface area contributed by atoms with Crippen LogP contribution < -0.4 is 5.73 Å². The SMILES string of the molecule is Cc1n[nH]c(C)c1-c1nn(CCC2OC(c3cccc(F)c3)C(=O)c3ccccc32)c2ncnc(N)c12.